The molecule has 0 aliphatic heterocycles. The average molecular weight is 334 g/mol. The number of aliphatic imine (C=N–C) groups is 1. The standard InChI is InChI=1S/C12H22N4O3S2/c1-13-12(14-6-4-9-19-2)15-7-8-16-21(17,18)11-5-3-10-20-11/h3,5,10,16H,4,6-9H2,1-2H3,(H2,13,14,15). The monoisotopic (exact) mass is 334 g/mol. The topological polar surface area (TPSA) is 91.8 Å². The molecule has 0 spiro atoms. The van der Waals surface area contributed by atoms with Crippen LogP contribution in [-0.4, -0.2) is 54.8 Å². The molecule has 0 amide bonds. The lowest BCUT2D eigenvalue weighted by Crippen LogP contribution is -2.41. The molecule has 0 atom stereocenters. The number of guanidine groups is 1. The molecule has 0 bridgehead atoms. The van der Waals surface area contributed by atoms with E-state index in [9.17, 15) is 8.42 Å². The van der Waals surface area contributed by atoms with E-state index in [0.29, 0.717) is 29.9 Å². The maximum Gasteiger partial charge on any atom is 0.250 e. The van der Waals surface area contributed by atoms with E-state index in [4.69, 9.17) is 4.74 Å². The highest BCUT2D eigenvalue weighted by Gasteiger charge is 2.13. The molecule has 0 aliphatic carbocycles. The predicted octanol–water partition coefficient (Wildman–Crippen LogP) is 0.228. The van der Waals surface area contributed by atoms with E-state index in [0.717, 1.165) is 13.0 Å². The third-order valence-electron chi connectivity index (χ3n) is 2.51. The maximum absolute atomic E-state index is 11.9. The second-order valence-corrected chi connectivity index (χ2v) is 7.04. The van der Waals surface area contributed by atoms with Gasteiger partial charge in [-0.15, -0.1) is 11.3 Å². The van der Waals surface area contributed by atoms with E-state index in [2.05, 4.69) is 20.3 Å². The molecule has 3 N–H and O–H groups in total. The van der Waals surface area contributed by atoms with Gasteiger partial charge in [-0.05, 0) is 17.9 Å². The number of thiophene rings is 1. The van der Waals surface area contributed by atoms with Crippen molar-refractivity contribution < 1.29 is 13.2 Å². The highest BCUT2D eigenvalue weighted by Crippen LogP contribution is 2.14. The maximum atomic E-state index is 11.9. The minimum Gasteiger partial charge on any atom is -0.385 e. The molecule has 1 aromatic heterocycles. The summed E-state index contributed by atoms with van der Waals surface area (Å²) in [6.07, 6.45) is 0.877. The summed E-state index contributed by atoms with van der Waals surface area (Å²) in [5.41, 5.74) is 0. The van der Waals surface area contributed by atoms with Crippen LogP contribution in [0.2, 0.25) is 0 Å². The lowest BCUT2D eigenvalue weighted by atomic mass is 10.4. The molecule has 7 nitrogen and oxygen atoms in total. The number of hydrogen-bond acceptors (Lipinski definition) is 5. The van der Waals surface area contributed by atoms with E-state index in [1.807, 2.05) is 0 Å². The van der Waals surface area contributed by atoms with Crippen LogP contribution in [0.15, 0.2) is 26.7 Å². The van der Waals surface area contributed by atoms with Gasteiger partial charge < -0.3 is 15.4 Å². The molecule has 0 unspecified atom stereocenters. The highest BCUT2D eigenvalue weighted by molar-refractivity contribution is 7.91. The molecule has 0 aliphatic rings. The van der Waals surface area contributed by atoms with Gasteiger partial charge in [-0.3, -0.25) is 4.99 Å². The average Bonchev–Trinajstić information content (AvgIpc) is 3.00. The molecular formula is C12H22N4O3S2. The molecule has 120 valence electrons. The van der Waals surface area contributed by atoms with Crippen molar-refractivity contribution in [1.82, 2.24) is 15.4 Å². The Morgan fingerprint density at radius 3 is 2.71 bits per heavy atom. The predicted molar refractivity (Wildman–Crippen MR) is 85.4 cm³/mol. The molecule has 0 fully saturated rings. The van der Waals surface area contributed by atoms with Gasteiger partial charge in [0.15, 0.2) is 5.96 Å². The Bertz CT molecular complexity index is 515. The van der Waals surface area contributed by atoms with Crippen molar-refractivity contribution in [1.29, 1.82) is 0 Å². The van der Waals surface area contributed by atoms with Crippen molar-refractivity contribution >= 4 is 27.3 Å². The minimum absolute atomic E-state index is 0.291. The van der Waals surface area contributed by atoms with Gasteiger partial charge >= 0.3 is 0 Å². The summed E-state index contributed by atoms with van der Waals surface area (Å²) in [5, 5.41) is 7.89. The van der Waals surface area contributed by atoms with Gasteiger partial charge in [-0.1, -0.05) is 6.07 Å². The van der Waals surface area contributed by atoms with Crippen LogP contribution in [0.4, 0.5) is 0 Å². The van der Waals surface area contributed by atoms with Crippen LogP contribution in [0.5, 0.6) is 0 Å². The fourth-order valence-corrected chi connectivity index (χ4v) is 3.57. The summed E-state index contributed by atoms with van der Waals surface area (Å²) in [6, 6.07) is 3.29. The van der Waals surface area contributed by atoms with Gasteiger partial charge in [0.05, 0.1) is 0 Å². The number of hydrogen-bond donors (Lipinski definition) is 3. The van der Waals surface area contributed by atoms with Crippen molar-refractivity contribution in [2.45, 2.75) is 10.6 Å². The molecule has 0 saturated carbocycles. The first-order valence-corrected chi connectivity index (χ1v) is 8.93. The quantitative estimate of drug-likeness (QED) is 0.341. The van der Waals surface area contributed by atoms with Crippen molar-refractivity contribution in [3.8, 4) is 0 Å². The van der Waals surface area contributed by atoms with Crippen LogP contribution in [0.25, 0.3) is 0 Å². The first-order valence-electron chi connectivity index (χ1n) is 6.57. The number of sulfonamides is 1. The molecule has 1 rings (SSSR count). The number of rotatable bonds is 9. The molecule has 0 saturated heterocycles. The Morgan fingerprint density at radius 2 is 2.10 bits per heavy atom. The van der Waals surface area contributed by atoms with Crippen LogP contribution in [0, 0.1) is 0 Å². The molecule has 1 aromatic rings. The van der Waals surface area contributed by atoms with Crippen LogP contribution < -0.4 is 15.4 Å². The van der Waals surface area contributed by atoms with E-state index in [1.54, 1.807) is 31.7 Å². The number of nitrogens with zero attached hydrogens (tertiary/aromatic N) is 1. The van der Waals surface area contributed by atoms with Crippen molar-refractivity contribution in [2.75, 3.05) is 40.4 Å². The van der Waals surface area contributed by atoms with Crippen LogP contribution >= 0.6 is 11.3 Å². The molecular weight excluding hydrogens is 312 g/mol. The zero-order valence-electron chi connectivity index (χ0n) is 12.3. The molecule has 0 radical (unpaired) electrons. The molecule has 0 aromatic carbocycles. The van der Waals surface area contributed by atoms with Crippen molar-refractivity contribution in [3.63, 3.8) is 0 Å². The molecule has 21 heavy (non-hydrogen) atoms. The minimum atomic E-state index is -3.39. The summed E-state index contributed by atoms with van der Waals surface area (Å²) in [6.45, 7) is 2.17. The molecule has 9 heteroatoms. The zero-order valence-corrected chi connectivity index (χ0v) is 13.9. The SMILES string of the molecule is CN=C(NCCCOC)NCCNS(=O)(=O)c1cccs1. The van der Waals surface area contributed by atoms with E-state index < -0.39 is 10.0 Å². The van der Waals surface area contributed by atoms with Gasteiger partial charge in [-0.25, -0.2) is 13.1 Å². The molecule has 1 heterocycles. The van der Waals surface area contributed by atoms with Crippen LogP contribution in [-0.2, 0) is 14.8 Å². The number of nitrogens with one attached hydrogen (secondary N) is 3. The summed E-state index contributed by atoms with van der Waals surface area (Å²) in [7, 11) is -0.0666. The summed E-state index contributed by atoms with van der Waals surface area (Å²) in [4.78, 5) is 4.05. The Morgan fingerprint density at radius 1 is 1.33 bits per heavy atom. The normalized spacial score (nSPS) is 12.4. The van der Waals surface area contributed by atoms with E-state index in [-0.39, 0.29) is 0 Å². The summed E-state index contributed by atoms with van der Waals surface area (Å²) >= 11 is 1.20. The Hall–Kier alpha value is -1.16. The number of ether oxygens (including phenoxy) is 1. The van der Waals surface area contributed by atoms with E-state index in [1.165, 1.54) is 11.3 Å². The summed E-state index contributed by atoms with van der Waals surface area (Å²) in [5.74, 6) is 0.640. The lowest BCUT2D eigenvalue weighted by Gasteiger charge is -2.12. The smallest absolute Gasteiger partial charge is 0.250 e. The third-order valence-corrected chi connectivity index (χ3v) is 5.37. The van der Waals surface area contributed by atoms with Crippen molar-refractivity contribution in [3.05, 3.63) is 17.5 Å². The van der Waals surface area contributed by atoms with Gasteiger partial charge in [0.25, 0.3) is 0 Å². The second kappa shape index (κ2) is 9.72. The van der Waals surface area contributed by atoms with Gasteiger partial charge in [0, 0.05) is 40.4 Å². The lowest BCUT2D eigenvalue weighted by molar-refractivity contribution is 0.195. The Balaban J connectivity index is 2.23. The van der Waals surface area contributed by atoms with Crippen molar-refractivity contribution in [2.24, 2.45) is 4.99 Å². The van der Waals surface area contributed by atoms with E-state index >= 15 is 0 Å². The van der Waals surface area contributed by atoms with Crippen LogP contribution in [0.3, 0.4) is 0 Å². The Labute approximate surface area is 129 Å². The highest BCUT2D eigenvalue weighted by atomic mass is 32.2. The fourth-order valence-electron chi connectivity index (χ4n) is 1.50. The van der Waals surface area contributed by atoms with Gasteiger partial charge in [0.1, 0.15) is 4.21 Å². The first kappa shape index (κ1) is 17.9. The van der Waals surface area contributed by atoms with Crippen LogP contribution in [0.1, 0.15) is 6.42 Å². The van der Waals surface area contributed by atoms with Gasteiger partial charge in [-0.2, -0.15) is 0 Å². The number of methoxy groups -OCH3 is 1. The largest absolute Gasteiger partial charge is 0.385 e. The Kier molecular flexibility index (Phi) is 8.28. The van der Waals surface area contributed by atoms with Gasteiger partial charge in [0.2, 0.25) is 10.0 Å². The fraction of sp³-hybridized carbons (Fsp3) is 0.583. The second-order valence-electron chi connectivity index (χ2n) is 4.10. The zero-order chi connectivity index (χ0) is 15.6. The third kappa shape index (κ3) is 6.89. The summed E-state index contributed by atoms with van der Waals surface area (Å²) < 4.78 is 31.5. The first-order chi connectivity index (χ1) is 10.1.